The summed E-state index contributed by atoms with van der Waals surface area (Å²) in [5.74, 6) is 1.70. The summed E-state index contributed by atoms with van der Waals surface area (Å²) in [7, 11) is 0. The Balaban J connectivity index is 2.53. The quantitative estimate of drug-likeness (QED) is 0.767. The number of anilines is 1. The molecule has 2 unspecified atom stereocenters. The van der Waals surface area contributed by atoms with Crippen LogP contribution in [0, 0.1) is 5.92 Å². The van der Waals surface area contributed by atoms with Gasteiger partial charge in [0.1, 0.15) is 5.82 Å². The fourth-order valence-electron chi connectivity index (χ4n) is 1.94. The second kappa shape index (κ2) is 6.44. The zero-order valence-electron chi connectivity index (χ0n) is 10.0. The van der Waals surface area contributed by atoms with Crippen LogP contribution in [0.1, 0.15) is 40.0 Å². The topological polar surface area (TPSA) is 24.9 Å². The summed E-state index contributed by atoms with van der Waals surface area (Å²) in [5, 5.41) is 3.50. The Morgan fingerprint density at radius 1 is 1.33 bits per heavy atom. The molecule has 0 aliphatic heterocycles. The molecule has 1 N–H and O–H groups in total. The van der Waals surface area contributed by atoms with E-state index in [-0.39, 0.29) is 0 Å². The van der Waals surface area contributed by atoms with Crippen LogP contribution in [0.3, 0.4) is 0 Å². The fraction of sp³-hybridized carbons (Fsp3) is 0.615. The van der Waals surface area contributed by atoms with Crippen LogP contribution in [0.5, 0.6) is 0 Å². The van der Waals surface area contributed by atoms with E-state index < -0.39 is 0 Å². The minimum atomic E-state index is 0.542. The molecule has 1 heterocycles. The number of nitrogens with zero attached hydrogens (tertiary/aromatic N) is 1. The molecule has 0 aromatic carbocycles. The van der Waals surface area contributed by atoms with Crippen molar-refractivity contribution in [2.45, 2.75) is 46.1 Å². The molecule has 0 saturated heterocycles. The van der Waals surface area contributed by atoms with Crippen LogP contribution in [-0.4, -0.2) is 11.0 Å². The average Bonchev–Trinajstić information content (AvgIpc) is 2.27. The second-order valence-corrected chi connectivity index (χ2v) is 4.14. The van der Waals surface area contributed by atoms with Gasteiger partial charge in [0.05, 0.1) is 0 Å². The molecule has 2 nitrogen and oxygen atoms in total. The van der Waals surface area contributed by atoms with Crippen LogP contribution in [0.2, 0.25) is 0 Å². The Morgan fingerprint density at radius 2 is 2.13 bits per heavy atom. The van der Waals surface area contributed by atoms with E-state index in [1.165, 1.54) is 12.8 Å². The van der Waals surface area contributed by atoms with Gasteiger partial charge in [0.15, 0.2) is 0 Å². The fourth-order valence-corrected chi connectivity index (χ4v) is 1.94. The molecule has 1 rings (SSSR count). The van der Waals surface area contributed by atoms with E-state index in [4.69, 9.17) is 0 Å². The van der Waals surface area contributed by atoms with Gasteiger partial charge in [-0.25, -0.2) is 4.98 Å². The molecule has 0 fully saturated rings. The molecule has 0 aliphatic rings. The summed E-state index contributed by atoms with van der Waals surface area (Å²) in [5.41, 5.74) is 0. The molecule has 0 spiro atoms. The van der Waals surface area contributed by atoms with Gasteiger partial charge >= 0.3 is 0 Å². The smallest absolute Gasteiger partial charge is 0.126 e. The monoisotopic (exact) mass is 206 g/mol. The molecule has 84 valence electrons. The molecule has 0 saturated carbocycles. The van der Waals surface area contributed by atoms with Gasteiger partial charge in [-0.1, -0.05) is 33.3 Å². The number of aromatic nitrogens is 1. The Bertz CT molecular complexity index is 258. The van der Waals surface area contributed by atoms with Crippen molar-refractivity contribution in [3.05, 3.63) is 24.4 Å². The molecule has 0 aliphatic carbocycles. The van der Waals surface area contributed by atoms with E-state index in [1.807, 2.05) is 24.4 Å². The first-order valence-electron chi connectivity index (χ1n) is 5.95. The molecule has 1 aromatic heterocycles. The third kappa shape index (κ3) is 3.90. The van der Waals surface area contributed by atoms with Gasteiger partial charge < -0.3 is 5.32 Å². The van der Waals surface area contributed by atoms with Gasteiger partial charge in [0.2, 0.25) is 0 Å². The van der Waals surface area contributed by atoms with Gasteiger partial charge in [-0.05, 0) is 30.9 Å². The number of nitrogens with one attached hydrogen (secondary N) is 1. The Hall–Kier alpha value is -1.05. The first-order chi connectivity index (χ1) is 7.27. The molecular weight excluding hydrogens is 184 g/mol. The van der Waals surface area contributed by atoms with Crippen molar-refractivity contribution in [2.75, 3.05) is 5.32 Å². The molecule has 1 aromatic rings. The maximum absolute atomic E-state index is 4.30. The van der Waals surface area contributed by atoms with Crippen LogP contribution in [-0.2, 0) is 0 Å². The predicted octanol–water partition coefficient (Wildman–Crippen LogP) is 3.71. The molecule has 15 heavy (non-hydrogen) atoms. The van der Waals surface area contributed by atoms with Crippen LogP contribution in [0.4, 0.5) is 5.82 Å². The van der Waals surface area contributed by atoms with Gasteiger partial charge in [0, 0.05) is 12.2 Å². The maximum atomic E-state index is 4.30. The van der Waals surface area contributed by atoms with Crippen molar-refractivity contribution in [2.24, 2.45) is 5.92 Å². The summed E-state index contributed by atoms with van der Waals surface area (Å²) in [4.78, 5) is 4.30. The van der Waals surface area contributed by atoms with Gasteiger partial charge in [-0.15, -0.1) is 0 Å². The third-order valence-corrected chi connectivity index (χ3v) is 2.87. The number of hydrogen-bond donors (Lipinski definition) is 1. The summed E-state index contributed by atoms with van der Waals surface area (Å²) in [6.07, 6.45) is 5.51. The lowest BCUT2D eigenvalue weighted by Gasteiger charge is -2.24. The van der Waals surface area contributed by atoms with Crippen LogP contribution < -0.4 is 5.32 Å². The number of hydrogen-bond acceptors (Lipinski definition) is 2. The average molecular weight is 206 g/mol. The van der Waals surface area contributed by atoms with E-state index >= 15 is 0 Å². The Labute approximate surface area is 93.1 Å². The zero-order valence-corrected chi connectivity index (χ0v) is 10.0. The molecule has 0 amide bonds. The van der Waals surface area contributed by atoms with Crippen molar-refractivity contribution in [3.63, 3.8) is 0 Å². The van der Waals surface area contributed by atoms with Crippen molar-refractivity contribution in [3.8, 4) is 0 Å². The van der Waals surface area contributed by atoms with Crippen molar-refractivity contribution in [1.29, 1.82) is 0 Å². The molecule has 0 bridgehead atoms. The van der Waals surface area contributed by atoms with Crippen molar-refractivity contribution < 1.29 is 0 Å². The standard InChI is InChI=1S/C13H22N2/c1-4-8-11(3)12(5-2)15-13-9-6-7-10-14-13/h6-7,9-12H,4-5,8H2,1-3H3,(H,14,15). The largest absolute Gasteiger partial charge is 0.367 e. The highest BCUT2D eigenvalue weighted by Crippen LogP contribution is 2.17. The van der Waals surface area contributed by atoms with Crippen molar-refractivity contribution >= 4 is 5.82 Å². The zero-order chi connectivity index (χ0) is 11.1. The van der Waals surface area contributed by atoms with Crippen LogP contribution >= 0.6 is 0 Å². The maximum Gasteiger partial charge on any atom is 0.126 e. The molecule has 0 radical (unpaired) electrons. The van der Waals surface area contributed by atoms with Gasteiger partial charge in [-0.3, -0.25) is 0 Å². The summed E-state index contributed by atoms with van der Waals surface area (Å²) >= 11 is 0. The summed E-state index contributed by atoms with van der Waals surface area (Å²) in [6, 6.07) is 6.54. The highest BCUT2D eigenvalue weighted by Gasteiger charge is 2.14. The van der Waals surface area contributed by atoms with E-state index in [2.05, 4.69) is 31.1 Å². The minimum Gasteiger partial charge on any atom is -0.367 e. The Morgan fingerprint density at radius 3 is 2.67 bits per heavy atom. The van der Waals surface area contributed by atoms with Crippen molar-refractivity contribution in [1.82, 2.24) is 4.98 Å². The minimum absolute atomic E-state index is 0.542. The van der Waals surface area contributed by atoms with Gasteiger partial charge in [-0.2, -0.15) is 0 Å². The SMILES string of the molecule is CCCC(C)C(CC)Nc1ccccn1. The van der Waals surface area contributed by atoms with E-state index in [1.54, 1.807) is 0 Å². The third-order valence-electron chi connectivity index (χ3n) is 2.87. The highest BCUT2D eigenvalue weighted by molar-refractivity contribution is 5.34. The molecular formula is C13H22N2. The lowest BCUT2D eigenvalue weighted by Crippen LogP contribution is -2.26. The van der Waals surface area contributed by atoms with Gasteiger partial charge in [0.25, 0.3) is 0 Å². The van der Waals surface area contributed by atoms with E-state index in [9.17, 15) is 0 Å². The Kier molecular flexibility index (Phi) is 5.16. The van der Waals surface area contributed by atoms with E-state index in [0.717, 1.165) is 12.2 Å². The van der Waals surface area contributed by atoms with Crippen LogP contribution in [0.15, 0.2) is 24.4 Å². The molecule has 2 heteroatoms. The summed E-state index contributed by atoms with van der Waals surface area (Å²) < 4.78 is 0. The van der Waals surface area contributed by atoms with Crippen LogP contribution in [0.25, 0.3) is 0 Å². The first-order valence-corrected chi connectivity index (χ1v) is 5.95. The second-order valence-electron chi connectivity index (χ2n) is 4.14. The number of pyridine rings is 1. The predicted molar refractivity (Wildman–Crippen MR) is 66.0 cm³/mol. The molecule has 2 atom stereocenters. The lowest BCUT2D eigenvalue weighted by atomic mass is 9.95. The normalized spacial score (nSPS) is 14.6. The summed E-state index contributed by atoms with van der Waals surface area (Å²) in [6.45, 7) is 6.78. The first kappa shape index (κ1) is 12.0. The number of rotatable bonds is 6. The lowest BCUT2D eigenvalue weighted by molar-refractivity contribution is 0.435. The highest BCUT2D eigenvalue weighted by atomic mass is 15.0. The van der Waals surface area contributed by atoms with E-state index in [0.29, 0.717) is 12.0 Å².